The number of nitrogens with zero attached hydrogens (tertiary/aromatic N) is 6. The van der Waals surface area contributed by atoms with Crippen LogP contribution in [0.25, 0.3) is 11.0 Å². The number of rotatable bonds is 6. The van der Waals surface area contributed by atoms with Crippen LogP contribution in [-0.4, -0.2) is 43.6 Å². The fourth-order valence-corrected chi connectivity index (χ4v) is 3.74. The molecule has 1 N–H and O–H groups in total. The van der Waals surface area contributed by atoms with E-state index in [-0.39, 0.29) is 12.1 Å². The second-order valence-electron chi connectivity index (χ2n) is 7.57. The Hall–Kier alpha value is -3.12. The third kappa shape index (κ3) is 3.63. The van der Waals surface area contributed by atoms with Gasteiger partial charge in [0.05, 0.1) is 31.6 Å². The third-order valence-electron chi connectivity index (χ3n) is 5.10. The lowest BCUT2D eigenvalue weighted by atomic mass is 10.0. The molecule has 29 heavy (non-hydrogen) atoms. The minimum atomic E-state index is -0.00221. The Kier molecular flexibility index (Phi) is 5.11. The average molecular weight is 395 g/mol. The number of nitriles is 1. The van der Waals surface area contributed by atoms with Crippen LogP contribution in [0.4, 0.5) is 11.6 Å². The standard InChI is InChI=1S/C20H25N7O2/c1-5-13-10-28-11-17(13)27-15(7-21)6-14-8-22-20(24-18(14)27)23-16-9-26(4)25-19(16)29-12(2)3/h6,8-9,12-13,17H,5,10-11H2,1-4H3,(H,22,23,24). The van der Waals surface area contributed by atoms with Crippen LogP contribution < -0.4 is 10.1 Å². The van der Waals surface area contributed by atoms with Crippen LogP contribution in [0.5, 0.6) is 5.88 Å². The molecule has 9 nitrogen and oxygen atoms in total. The lowest BCUT2D eigenvalue weighted by molar-refractivity contribution is 0.180. The fourth-order valence-electron chi connectivity index (χ4n) is 3.74. The van der Waals surface area contributed by atoms with Crippen molar-refractivity contribution in [2.45, 2.75) is 39.3 Å². The zero-order chi connectivity index (χ0) is 20.5. The summed E-state index contributed by atoms with van der Waals surface area (Å²) in [5.74, 6) is 1.28. The molecule has 3 aromatic rings. The molecule has 1 aliphatic heterocycles. The van der Waals surface area contributed by atoms with Crippen LogP contribution in [0.15, 0.2) is 18.5 Å². The van der Waals surface area contributed by atoms with Gasteiger partial charge in [0, 0.05) is 24.5 Å². The molecular weight excluding hydrogens is 370 g/mol. The van der Waals surface area contributed by atoms with E-state index < -0.39 is 0 Å². The molecule has 1 saturated heterocycles. The molecule has 0 radical (unpaired) electrons. The zero-order valence-electron chi connectivity index (χ0n) is 17.1. The van der Waals surface area contributed by atoms with Gasteiger partial charge in [0.1, 0.15) is 23.1 Å². The number of hydrogen-bond donors (Lipinski definition) is 1. The summed E-state index contributed by atoms with van der Waals surface area (Å²) in [7, 11) is 1.83. The molecule has 4 rings (SSSR count). The molecule has 152 valence electrons. The summed E-state index contributed by atoms with van der Waals surface area (Å²) in [5.41, 5.74) is 1.99. The molecule has 1 aliphatic rings. The first-order chi connectivity index (χ1) is 14.0. The maximum atomic E-state index is 9.66. The highest BCUT2D eigenvalue weighted by Gasteiger charge is 2.31. The molecule has 0 aliphatic carbocycles. The summed E-state index contributed by atoms with van der Waals surface area (Å²) in [6.45, 7) is 7.33. The first-order valence-electron chi connectivity index (χ1n) is 9.83. The van der Waals surface area contributed by atoms with Crippen molar-refractivity contribution in [2.24, 2.45) is 13.0 Å². The van der Waals surface area contributed by atoms with Gasteiger partial charge in [-0.25, -0.2) is 4.98 Å². The second-order valence-corrected chi connectivity index (χ2v) is 7.57. The van der Waals surface area contributed by atoms with Crippen molar-refractivity contribution in [1.82, 2.24) is 24.3 Å². The number of aryl methyl sites for hydroxylation is 1. The number of fused-ring (bicyclic) bond motifs is 1. The van der Waals surface area contributed by atoms with Crippen molar-refractivity contribution in [3.8, 4) is 11.9 Å². The van der Waals surface area contributed by atoms with Crippen LogP contribution in [0, 0.1) is 17.2 Å². The lowest BCUT2D eigenvalue weighted by Gasteiger charge is -2.19. The van der Waals surface area contributed by atoms with Crippen LogP contribution in [0.3, 0.4) is 0 Å². The molecule has 2 unspecified atom stereocenters. The highest BCUT2D eigenvalue weighted by molar-refractivity contribution is 5.79. The van der Waals surface area contributed by atoms with E-state index in [1.165, 1.54) is 0 Å². The highest BCUT2D eigenvalue weighted by atomic mass is 16.5. The predicted octanol–water partition coefficient (Wildman–Crippen LogP) is 3.16. The van der Waals surface area contributed by atoms with Crippen LogP contribution in [-0.2, 0) is 11.8 Å². The Morgan fingerprint density at radius 1 is 1.41 bits per heavy atom. The molecule has 0 amide bonds. The van der Waals surface area contributed by atoms with Gasteiger partial charge in [0.15, 0.2) is 0 Å². The van der Waals surface area contributed by atoms with Gasteiger partial charge in [-0.3, -0.25) is 4.68 Å². The maximum Gasteiger partial charge on any atom is 0.257 e. The van der Waals surface area contributed by atoms with E-state index in [4.69, 9.17) is 14.5 Å². The van der Waals surface area contributed by atoms with E-state index in [1.807, 2.05) is 37.7 Å². The minimum Gasteiger partial charge on any atom is -0.472 e. The Balaban J connectivity index is 1.73. The monoisotopic (exact) mass is 395 g/mol. The van der Waals surface area contributed by atoms with E-state index in [1.54, 1.807) is 10.9 Å². The van der Waals surface area contributed by atoms with Crippen molar-refractivity contribution < 1.29 is 9.47 Å². The molecule has 0 aromatic carbocycles. The van der Waals surface area contributed by atoms with E-state index in [0.717, 1.165) is 17.5 Å². The molecule has 0 saturated carbocycles. The highest BCUT2D eigenvalue weighted by Crippen LogP contribution is 2.34. The Morgan fingerprint density at radius 2 is 2.24 bits per heavy atom. The normalized spacial score (nSPS) is 19.0. The van der Waals surface area contributed by atoms with Crippen LogP contribution in [0.1, 0.15) is 38.9 Å². The molecule has 3 aromatic heterocycles. The molecule has 9 heteroatoms. The van der Waals surface area contributed by atoms with Gasteiger partial charge < -0.3 is 19.4 Å². The maximum absolute atomic E-state index is 9.66. The fraction of sp³-hybridized carbons (Fsp3) is 0.500. The Morgan fingerprint density at radius 3 is 2.97 bits per heavy atom. The first-order valence-corrected chi connectivity index (χ1v) is 9.83. The van der Waals surface area contributed by atoms with E-state index in [0.29, 0.717) is 42.3 Å². The predicted molar refractivity (Wildman–Crippen MR) is 108 cm³/mol. The molecule has 0 spiro atoms. The van der Waals surface area contributed by atoms with Crippen molar-refractivity contribution in [2.75, 3.05) is 18.5 Å². The van der Waals surface area contributed by atoms with E-state index in [9.17, 15) is 5.26 Å². The smallest absolute Gasteiger partial charge is 0.257 e. The number of aromatic nitrogens is 5. The van der Waals surface area contributed by atoms with Crippen LogP contribution in [0.2, 0.25) is 0 Å². The van der Waals surface area contributed by atoms with E-state index in [2.05, 4.69) is 28.4 Å². The van der Waals surface area contributed by atoms with Gasteiger partial charge >= 0.3 is 0 Å². The largest absolute Gasteiger partial charge is 0.472 e. The summed E-state index contributed by atoms with van der Waals surface area (Å²) < 4.78 is 15.1. The van der Waals surface area contributed by atoms with Gasteiger partial charge in [-0.2, -0.15) is 10.2 Å². The number of nitrogens with one attached hydrogen (secondary N) is 1. The van der Waals surface area contributed by atoms with Crippen molar-refractivity contribution in [3.63, 3.8) is 0 Å². The summed E-state index contributed by atoms with van der Waals surface area (Å²) in [6.07, 6.45) is 4.54. The molecule has 1 fully saturated rings. The topological polar surface area (TPSA) is 103 Å². The van der Waals surface area contributed by atoms with Crippen molar-refractivity contribution in [3.05, 3.63) is 24.2 Å². The van der Waals surface area contributed by atoms with Gasteiger partial charge in [0.2, 0.25) is 5.95 Å². The number of ether oxygens (including phenoxy) is 2. The molecular formula is C20H25N7O2. The van der Waals surface area contributed by atoms with Gasteiger partial charge in [-0.1, -0.05) is 6.92 Å². The molecule has 2 atom stereocenters. The third-order valence-corrected chi connectivity index (χ3v) is 5.10. The Bertz CT molecular complexity index is 1060. The lowest BCUT2D eigenvalue weighted by Crippen LogP contribution is -2.19. The van der Waals surface area contributed by atoms with Gasteiger partial charge in [-0.05, 0) is 26.3 Å². The minimum absolute atomic E-state index is 0.00221. The number of hydrogen-bond acceptors (Lipinski definition) is 7. The molecule has 4 heterocycles. The van der Waals surface area contributed by atoms with Crippen LogP contribution >= 0.6 is 0 Å². The summed E-state index contributed by atoms with van der Waals surface area (Å²) in [5, 5.41) is 18.0. The first kappa shape index (κ1) is 19.2. The molecule has 0 bridgehead atoms. The van der Waals surface area contributed by atoms with E-state index >= 15 is 0 Å². The average Bonchev–Trinajstić information content (AvgIpc) is 3.37. The van der Waals surface area contributed by atoms with Crippen molar-refractivity contribution >= 4 is 22.7 Å². The Labute approximate surface area is 169 Å². The van der Waals surface area contributed by atoms with Gasteiger partial charge in [-0.15, -0.1) is 5.10 Å². The second kappa shape index (κ2) is 7.72. The SMILES string of the molecule is CCC1COCC1n1c(C#N)cc2cnc(Nc3cn(C)nc3OC(C)C)nc21. The summed E-state index contributed by atoms with van der Waals surface area (Å²) in [4.78, 5) is 9.14. The zero-order valence-corrected chi connectivity index (χ0v) is 17.1. The summed E-state index contributed by atoms with van der Waals surface area (Å²) in [6, 6.07) is 4.22. The number of anilines is 2. The van der Waals surface area contributed by atoms with Crippen molar-refractivity contribution in [1.29, 1.82) is 5.26 Å². The summed E-state index contributed by atoms with van der Waals surface area (Å²) >= 11 is 0. The quantitative estimate of drug-likeness (QED) is 0.684. The van der Waals surface area contributed by atoms with Gasteiger partial charge in [0.25, 0.3) is 5.88 Å².